The van der Waals surface area contributed by atoms with Crippen LogP contribution in [0.3, 0.4) is 0 Å². The van der Waals surface area contributed by atoms with Crippen LogP contribution in [0.1, 0.15) is 18.4 Å². The van der Waals surface area contributed by atoms with Gasteiger partial charge in [0.2, 0.25) is 0 Å². The molecule has 0 aliphatic rings. The van der Waals surface area contributed by atoms with Gasteiger partial charge in [-0.05, 0) is 12.1 Å². The number of H-pyrrole nitrogens is 1. The van der Waals surface area contributed by atoms with E-state index in [-0.39, 0.29) is 11.6 Å². The summed E-state index contributed by atoms with van der Waals surface area (Å²) in [5.74, 6) is 0.661. The Morgan fingerprint density at radius 3 is 2.83 bits per heavy atom. The van der Waals surface area contributed by atoms with Crippen molar-refractivity contribution in [3.05, 3.63) is 36.0 Å². The molecule has 0 fully saturated rings. The quantitative estimate of drug-likeness (QED) is 0.841. The van der Waals surface area contributed by atoms with Crippen molar-refractivity contribution in [1.29, 1.82) is 0 Å². The molecular formula is C11H16N4O2S. The predicted octanol–water partition coefficient (Wildman–Crippen LogP) is 0.789. The highest BCUT2D eigenvalue weighted by atomic mass is 32.2. The average molecular weight is 268 g/mol. The van der Waals surface area contributed by atoms with E-state index in [2.05, 4.69) is 14.7 Å². The number of aryl methyl sites for hydroxylation is 2. The van der Waals surface area contributed by atoms with Gasteiger partial charge in [-0.1, -0.05) is 6.92 Å². The van der Waals surface area contributed by atoms with Crippen molar-refractivity contribution in [2.24, 2.45) is 7.05 Å². The summed E-state index contributed by atoms with van der Waals surface area (Å²) < 4.78 is 28.4. The minimum Gasteiger partial charge on any atom is -0.353 e. The molecule has 0 saturated carbocycles. The third-order valence-electron chi connectivity index (χ3n) is 2.72. The summed E-state index contributed by atoms with van der Waals surface area (Å²) in [6.45, 7) is 2.17. The number of nitrogens with one attached hydrogen (secondary N) is 2. The van der Waals surface area contributed by atoms with Crippen LogP contribution < -0.4 is 4.72 Å². The van der Waals surface area contributed by atoms with Crippen LogP contribution in [0.15, 0.2) is 29.6 Å². The van der Waals surface area contributed by atoms with E-state index in [1.54, 1.807) is 0 Å². The number of rotatable bonds is 5. The maximum absolute atomic E-state index is 12.0. The topological polar surface area (TPSA) is 79.8 Å². The summed E-state index contributed by atoms with van der Waals surface area (Å²) in [6, 6.07) is 3.74. The molecule has 0 aliphatic heterocycles. The molecule has 2 rings (SSSR count). The number of sulfonamides is 1. The molecule has 98 valence electrons. The molecule has 0 bridgehead atoms. The van der Waals surface area contributed by atoms with E-state index < -0.39 is 10.0 Å². The van der Waals surface area contributed by atoms with E-state index in [0.29, 0.717) is 12.2 Å². The van der Waals surface area contributed by atoms with Gasteiger partial charge in [-0.25, -0.2) is 18.1 Å². The molecule has 0 radical (unpaired) electrons. The monoisotopic (exact) mass is 268 g/mol. The number of hydrogen-bond donors (Lipinski definition) is 2. The van der Waals surface area contributed by atoms with Gasteiger partial charge in [-0.15, -0.1) is 0 Å². The highest BCUT2D eigenvalue weighted by molar-refractivity contribution is 7.89. The Morgan fingerprint density at radius 2 is 2.28 bits per heavy atom. The second-order valence-corrected chi connectivity index (χ2v) is 5.72. The van der Waals surface area contributed by atoms with E-state index in [1.807, 2.05) is 36.9 Å². The third-order valence-corrected chi connectivity index (χ3v) is 4.04. The van der Waals surface area contributed by atoms with E-state index in [1.165, 1.54) is 6.20 Å². The SMILES string of the molecule is CCc1ncc(S(=O)(=O)NCc2cccn2C)[nH]1. The van der Waals surface area contributed by atoms with Crippen molar-refractivity contribution in [1.82, 2.24) is 19.3 Å². The van der Waals surface area contributed by atoms with Gasteiger partial charge in [0.25, 0.3) is 10.0 Å². The lowest BCUT2D eigenvalue weighted by molar-refractivity contribution is 0.575. The normalized spacial score (nSPS) is 11.9. The number of aromatic nitrogens is 3. The standard InChI is InChI=1S/C11H16N4O2S/c1-3-10-12-8-11(14-10)18(16,17)13-7-9-5-4-6-15(9)2/h4-6,8,13H,3,7H2,1-2H3,(H,12,14). The molecular weight excluding hydrogens is 252 g/mol. The van der Waals surface area contributed by atoms with Crippen molar-refractivity contribution < 1.29 is 8.42 Å². The maximum Gasteiger partial charge on any atom is 0.257 e. The Kier molecular flexibility index (Phi) is 3.53. The largest absolute Gasteiger partial charge is 0.353 e. The average Bonchev–Trinajstić information content (AvgIpc) is 2.95. The van der Waals surface area contributed by atoms with Crippen LogP contribution in [0.25, 0.3) is 0 Å². The Balaban J connectivity index is 2.10. The molecule has 2 aromatic rings. The van der Waals surface area contributed by atoms with Crippen molar-refractivity contribution >= 4 is 10.0 Å². The van der Waals surface area contributed by atoms with Crippen molar-refractivity contribution in [3.63, 3.8) is 0 Å². The number of imidazole rings is 1. The molecule has 0 atom stereocenters. The van der Waals surface area contributed by atoms with E-state index >= 15 is 0 Å². The first-order chi connectivity index (χ1) is 8.53. The first-order valence-corrected chi connectivity index (χ1v) is 7.15. The fourth-order valence-electron chi connectivity index (χ4n) is 1.59. The van der Waals surface area contributed by atoms with Gasteiger partial charge in [0.15, 0.2) is 5.03 Å². The molecule has 0 aromatic carbocycles. The Bertz CT molecular complexity index is 627. The highest BCUT2D eigenvalue weighted by Gasteiger charge is 2.16. The third kappa shape index (κ3) is 2.62. The van der Waals surface area contributed by atoms with Crippen LogP contribution in [0.4, 0.5) is 0 Å². The zero-order chi connectivity index (χ0) is 13.2. The van der Waals surface area contributed by atoms with Crippen LogP contribution >= 0.6 is 0 Å². The lowest BCUT2D eigenvalue weighted by Crippen LogP contribution is -2.24. The maximum atomic E-state index is 12.0. The minimum absolute atomic E-state index is 0.105. The van der Waals surface area contributed by atoms with E-state index in [9.17, 15) is 8.42 Å². The van der Waals surface area contributed by atoms with E-state index in [0.717, 1.165) is 5.69 Å². The van der Waals surface area contributed by atoms with Gasteiger partial charge >= 0.3 is 0 Å². The Morgan fingerprint density at radius 1 is 1.50 bits per heavy atom. The Labute approximate surface area is 106 Å². The van der Waals surface area contributed by atoms with Crippen molar-refractivity contribution in [2.45, 2.75) is 24.9 Å². The number of aromatic amines is 1. The number of hydrogen-bond acceptors (Lipinski definition) is 3. The highest BCUT2D eigenvalue weighted by Crippen LogP contribution is 2.07. The molecule has 18 heavy (non-hydrogen) atoms. The van der Waals surface area contributed by atoms with Gasteiger partial charge in [0.05, 0.1) is 12.7 Å². The predicted molar refractivity (Wildman–Crippen MR) is 67.4 cm³/mol. The van der Waals surface area contributed by atoms with Crippen LogP contribution in [0.2, 0.25) is 0 Å². The van der Waals surface area contributed by atoms with Crippen molar-refractivity contribution in [3.8, 4) is 0 Å². The zero-order valence-corrected chi connectivity index (χ0v) is 11.2. The fraction of sp³-hybridized carbons (Fsp3) is 0.364. The zero-order valence-electron chi connectivity index (χ0n) is 10.3. The summed E-state index contributed by atoms with van der Waals surface area (Å²) in [5, 5.41) is 0.105. The first-order valence-electron chi connectivity index (χ1n) is 5.66. The van der Waals surface area contributed by atoms with Crippen molar-refractivity contribution in [2.75, 3.05) is 0 Å². The number of nitrogens with zero attached hydrogens (tertiary/aromatic N) is 2. The van der Waals surface area contributed by atoms with E-state index in [4.69, 9.17) is 0 Å². The van der Waals surface area contributed by atoms with Crippen LogP contribution in [0, 0.1) is 0 Å². The summed E-state index contributed by atoms with van der Waals surface area (Å²) >= 11 is 0. The molecule has 7 heteroatoms. The van der Waals surface area contributed by atoms with Gasteiger partial charge in [-0.3, -0.25) is 0 Å². The lowest BCUT2D eigenvalue weighted by atomic mass is 10.4. The minimum atomic E-state index is -3.52. The molecule has 0 aliphatic carbocycles. The fourth-order valence-corrected chi connectivity index (χ4v) is 2.52. The first kappa shape index (κ1) is 12.8. The summed E-state index contributed by atoms with van der Waals surface area (Å²) in [7, 11) is -1.65. The van der Waals surface area contributed by atoms with Crippen LogP contribution in [-0.4, -0.2) is 23.0 Å². The molecule has 2 heterocycles. The van der Waals surface area contributed by atoms with Gasteiger partial charge < -0.3 is 9.55 Å². The second-order valence-electron chi connectivity index (χ2n) is 3.98. The molecule has 6 nitrogen and oxygen atoms in total. The molecule has 0 spiro atoms. The van der Waals surface area contributed by atoms with Crippen LogP contribution in [-0.2, 0) is 30.0 Å². The molecule has 0 saturated heterocycles. The summed E-state index contributed by atoms with van der Waals surface area (Å²) in [6.07, 6.45) is 3.88. The summed E-state index contributed by atoms with van der Waals surface area (Å²) in [4.78, 5) is 6.76. The van der Waals surface area contributed by atoms with Gasteiger partial charge in [-0.2, -0.15) is 0 Å². The summed E-state index contributed by atoms with van der Waals surface area (Å²) in [5.41, 5.74) is 0.897. The molecule has 2 N–H and O–H groups in total. The van der Waals surface area contributed by atoms with Gasteiger partial charge in [0, 0.05) is 25.4 Å². The molecule has 2 aromatic heterocycles. The lowest BCUT2D eigenvalue weighted by Gasteiger charge is -2.05. The Hall–Kier alpha value is -1.60. The molecule has 0 amide bonds. The van der Waals surface area contributed by atoms with Crippen LogP contribution in [0.5, 0.6) is 0 Å². The smallest absolute Gasteiger partial charge is 0.257 e. The second kappa shape index (κ2) is 4.95. The molecule has 0 unspecified atom stereocenters. The van der Waals surface area contributed by atoms with Gasteiger partial charge in [0.1, 0.15) is 5.82 Å².